The van der Waals surface area contributed by atoms with Crippen molar-refractivity contribution < 1.29 is 50.2 Å². The molecule has 17 heteroatoms. The number of benzene rings is 2. The van der Waals surface area contributed by atoms with E-state index in [0.29, 0.717) is 35.1 Å². The van der Waals surface area contributed by atoms with Crippen LogP contribution in [0.1, 0.15) is 21.6 Å². The molecule has 0 saturated heterocycles. The highest BCUT2D eigenvalue weighted by molar-refractivity contribution is 6.00. The fourth-order valence-electron chi connectivity index (χ4n) is 2.65. The highest BCUT2D eigenvalue weighted by Crippen LogP contribution is 2.31. The van der Waals surface area contributed by atoms with E-state index >= 15 is 0 Å². The monoisotopic (exact) mass is 550 g/mol. The summed E-state index contributed by atoms with van der Waals surface area (Å²) >= 11 is 0. The number of carboxylic acids is 1. The Balaban J connectivity index is 0.000000638. The maximum atomic E-state index is 13.8. The molecule has 1 heterocycles. The SMILES string of the molecule is NC(=O)c1n[nH]cc1NCc1cccc(NC(=O)Nc2cc(C(F)(F)F)ccc2F)c1.O=C(O)C(F)(F)F. The molecule has 7 N–H and O–H groups in total. The van der Waals surface area contributed by atoms with Gasteiger partial charge in [0.1, 0.15) is 5.82 Å². The van der Waals surface area contributed by atoms with Crippen LogP contribution in [-0.2, 0) is 17.5 Å². The number of aromatic amines is 1. The van der Waals surface area contributed by atoms with Crippen LogP contribution in [0.2, 0.25) is 0 Å². The lowest BCUT2D eigenvalue weighted by atomic mass is 10.2. The van der Waals surface area contributed by atoms with E-state index in [0.717, 1.165) is 0 Å². The number of carbonyl (C=O) groups excluding carboxylic acids is 2. The molecule has 0 atom stereocenters. The molecule has 3 aromatic rings. The summed E-state index contributed by atoms with van der Waals surface area (Å²) in [5.41, 5.74) is 4.95. The van der Waals surface area contributed by atoms with E-state index in [1.165, 1.54) is 12.3 Å². The summed E-state index contributed by atoms with van der Waals surface area (Å²) in [4.78, 5) is 32.3. The zero-order chi connectivity index (χ0) is 28.7. The van der Waals surface area contributed by atoms with Gasteiger partial charge < -0.3 is 26.8 Å². The van der Waals surface area contributed by atoms with Gasteiger partial charge in [0.15, 0.2) is 5.69 Å². The van der Waals surface area contributed by atoms with E-state index in [4.69, 9.17) is 15.6 Å². The third-order valence-electron chi connectivity index (χ3n) is 4.33. The summed E-state index contributed by atoms with van der Waals surface area (Å²) in [6, 6.07) is 7.27. The predicted octanol–water partition coefficient (Wildman–Crippen LogP) is 4.56. The van der Waals surface area contributed by atoms with Crippen LogP contribution in [0.5, 0.6) is 0 Å². The Labute approximate surface area is 208 Å². The maximum Gasteiger partial charge on any atom is 0.490 e. The van der Waals surface area contributed by atoms with Crippen molar-refractivity contribution in [2.75, 3.05) is 16.0 Å². The molecule has 3 rings (SSSR count). The summed E-state index contributed by atoms with van der Waals surface area (Å²) in [6.07, 6.45) is -8.30. The lowest BCUT2D eigenvalue weighted by molar-refractivity contribution is -0.192. The normalized spacial score (nSPS) is 11.1. The first-order valence-electron chi connectivity index (χ1n) is 9.99. The van der Waals surface area contributed by atoms with Crippen LogP contribution in [-0.4, -0.2) is 39.4 Å². The number of primary amides is 1. The van der Waals surface area contributed by atoms with E-state index in [9.17, 15) is 40.3 Å². The number of anilines is 3. The molecule has 3 amide bonds. The Hall–Kier alpha value is -4.83. The number of hydrogen-bond donors (Lipinski definition) is 6. The number of alkyl halides is 6. The van der Waals surface area contributed by atoms with E-state index in [-0.39, 0.29) is 12.2 Å². The zero-order valence-electron chi connectivity index (χ0n) is 18.7. The van der Waals surface area contributed by atoms with Gasteiger partial charge in [-0.15, -0.1) is 0 Å². The van der Waals surface area contributed by atoms with Crippen molar-refractivity contribution in [3.63, 3.8) is 0 Å². The molecule has 0 bridgehead atoms. The highest BCUT2D eigenvalue weighted by Gasteiger charge is 2.38. The maximum absolute atomic E-state index is 13.8. The third-order valence-corrected chi connectivity index (χ3v) is 4.33. The van der Waals surface area contributed by atoms with Crippen LogP contribution in [0, 0.1) is 5.82 Å². The quantitative estimate of drug-likeness (QED) is 0.247. The number of nitrogens with zero attached hydrogens (tertiary/aromatic N) is 1. The van der Waals surface area contributed by atoms with Crippen molar-refractivity contribution in [3.05, 3.63) is 71.3 Å². The van der Waals surface area contributed by atoms with Gasteiger partial charge in [-0.25, -0.2) is 14.0 Å². The minimum Gasteiger partial charge on any atom is -0.475 e. The second-order valence-electron chi connectivity index (χ2n) is 7.14. The molecule has 204 valence electrons. The molecule has 0 aliphatic carbocycles. The van der Waals surface area contributed by atoms with Gasteiger partial charge >= 0.3 is 24.4 Å². The molecule has 0 aliphatic heterocycles. The minimum atomic E-state index is -5.08. The largest absolute Gasteiger partial charge is 0.490 e. The summed E-state index contributed by atoms with van der Waals surface area (Å²) in [7, 11) is 0. The van der Waals surface area contributed by atoms with Gasteiger partial charge in [-0.1, -0.05) is 12.1 Å². The number of rotatable bonds is 6. The fourth-order valence-corrected chi connectivity index (χ4v) is 2.65. The van der Waals surface area contributed by atoms with Crippen LogP contribution in [0.25, 0.3) is 0 Å². The Morgan fingerprint density at radius 3 is 2.21 bits per heavy atom. The minimum absolute atomic E-state index is 0.0387. The lowest BCUT2D eigenvalue weighted by Gasteiger charge is -2.12. The Morgan fingerprint density at radius 1 is 0.974 bits per heavy atom. The van der Waals surface area contributed by atoms with Gasteiger partial charge in [0, 0.05) is 18.4 Å². The van der Waals surface area contributed by atoms with Crippen molar-refractivity contribution in [1.29, 1.82) is 0 Å². The summed E-state index contributed by atoms with van der Waals surface area (Å²) < 4.78 is 83.9. The molecular formula is C21H17F7N6O4. The topological polar surface area (TPSA) is 162 Å². The number of nitrogens with one attached hydrogen (secondary N) is 4. The van der Waals surface area contributed by atoms with Crippen LogP contribution in [0.15, 0.2) is 48.7 Å². The summed E-state index contributed by atoms with van der Waals surface area (Å²) in [5, 5.41) is 20.8. The molecule has 2 aromatic carbocycles. The molecule has 10 nitrogen and oxygen atoms in total. The number of halogens is 7. The number of urea groups is 1. The van der Waals surface area contributed by atoms with E-state index in [2.05, 4.69) is 26.1 Å². The van der Waals surface area contributed by atoms with Crippen molar-refractivity contribution in [2.24, 2.45) is 5.73 Å². The van der Waals surface area contributed by atoms with Crippen LogP contribution in [0.3, 0.4) is 0 Å². The van der Waals surface area contributed by atoms with Crippen LogP contribution < -0.4 is 21.7 Å². The van der Waals surface area contributed by atoms with Crippen molar-refractivity contribution in [2.45, 2.75) is 18.9 Å². The molecule has 0 saturated carbocycles. The van der Waals surface area contributed by atoms with E-state index in [1.54, 1.807) is 18.2 Å². The molecule has 0 unspecified atom stereocenters. The number of aliphatic carboxylic acids is 1. The van der Waals surface area contributed by atoms with Gasteiger partial charge in [0.25, 0.3) is 5.91 Å². The standard InChI is InChI=1S/C19H16F4N6O2.C2HF3O2/c20-13-5-4-11(19(21,22)23)7-14(13)28-18(31)27-12-3-1-2-10(6-12)8-25-15-9-26-29-16(15)17(24)30;3-2(4,5)1(6)7/h1-7,9,25H,8H2,(H2,24,30)(H,26,29)(H2,27,28,31);(H,6,7). The zero-order valence-corrected chi connectivity index (χ0v) is 18.7. The van der Waals surface area contributed by atoms with Crippen LogP contribution >= 0.6 is 0 Å². The lowest BCUT2D eigenvalue weighted by Crippen LogP contribution is -2.21. The first kappa shape index (κ1) is 29.4. The first-order valence-corrected chi connectivity index (χ1v) is 9.99. The highest BCUT2D eigenvalue weighted by atomic mass is 19.4. The first-order chi connectivity index (χ1) is 17.6. The average Bonchev–Trinajstić information content (AvgIpc) is 3.27. The van der Waals surface area contributed by atoms with E-state index in [1.807, 2.05) is 0 Å². The molecule has 38 heavy (non-hydrogen) atoms. The molecule has 0 aliphatic rings. The second-order valence-corrected chi connectivity index (χ2v) is 7.14. The number of carboxylic acid groups (broad SMARTS) is 1. The second kappa shape index (κ2) is 11.9. The number of carbonyl (C=O) groups is 3. The molecular weight excluding hydrogens is 533 g/mol. The van der Waals surface area contributed by atoms with E-state index < -0.39 is 47.3 Å². The fraction of sp³-hybridized carbons (Fsp3) is 0.143. The van der Waals surface area contributed by atoms with Crippen molar-refractivity contribution in [3.8, 4) is 0 Å². The number of H-pyrrole nitrogens is 1. The van der Waals surface area contributed by atoms with Gasteiger partial charge in [-0.05, 0) is 35.9 Å². The third kappa shape index (κ3) is 8.68. The molecule has 0 fully saturated rings. The van der Waals surface area contributed by atoms with Gasteiger partial charge in [0.05, 0.1) is 16.9 Å². The van der Waals surface area contributed by atoms with Crippen LogP contribution in [0.4, 0.5) is 52.6 Å². The van der Waals surface area contributed by atoms with Crippen molar-refractivity contribution in [1.82, 2.24) is 10.2 Å². The number of hydrogen-bond acceptors (Lipinski definition) is 5. The van der Waals surface area contributed by atoms with Crippen molar-refractivity contribution >= 4 is 35.0 Å². The smallest absolute Gasteiger partial charge is 0.475 e. The Morgan fingerprint density at radius 2 is 1.63 bits per heavy atom. The van der Waals surface area contributed by atoms with Gasteiger partial charge in [0.2, 0.25) is 0 Å². The molecule has 1 aromatic heterocycles. The Kier molecular flexibility index (Phi) is 9.24. The molecule has 0 radical (unpaired) electrons. The number of amides is 3. The summed E-state index contributed by atoms with van der Waals surface area (Å²) in [5.74, 6) is -4.48. The predicted molar refractivity (Wildman–Crippen MR) is 119 cm³/mol. The van der Waals surface area contributed by atoms with Gasteiger partial charge in [-0.2, -0.15) is 31.4 Å². The molecule has 0 spiro atoms. The number of aromatic nitrogens is 2. The Bertz CT molecular complexity index is 1310. The summed E-state index contributed by atoms with van der Waals surface area (Å²) in [6.45, 7) is 0.249. The van der Waals surface area contributed by atoms with Gasteiger partial charge in [-0.3, -0.25) is 9.89 Å². The number of nitrogens with two attached hydrogens (primary N) is 1. The average molecular weight is 550 g/mol.